The van der Waals surface area contributed by atoms with Gasteiger partial charge in [-0.25, -0.2) is 9.59 Å². The van der Waals surface area contributed by atoms with E-state index in [-0.39, 0.29) is 0 Å². The first-order valence-corrected chi connectivity index (χ1v) is 9.39. The van der Waals surface area contributed by atoms with E-state index in [1.165, 1.54) is 5.56 Å². The van der Waals surface area contributed by atoms with Gasteiger partial charge in [-0.2, -0.15) is 0 Å². The van der Waals surface area contributed by atoms with Crippen LogP contribution in [0.15, 0.2) is 24.3 Å². The first kappa shape index (κ1) is 25.8. The van der Waals surface area contributed by atoms with Gasteiger partial charge in [-0.1, -0.05) is 32.0 Å². The van der Waals surface area contributed by atoms with Crippen molar-refractivity contribution in [3.8, 4) is 5.75 Å². The SMILES string of the molecule is CCC(C)c1ccccc1OCCOCCNCCCOC.O=C(O)C(=O)O. The van der Waals surface area contributed by atoms with E-state index in [1.807, 2.05) is 12.1 Å². The second-order valence-electron chi connectivity index (χ2n) is 6.01. The van der Waals surface area contributed by atoms with Gasteiger partial charge in [0.1, 0.15) is 12.4 Å². The van der Waals surface area contributed by atoms with E-state index < -0.39 is 11.9 Å². The number of ether oxygens (including phenoxy) is 3. The predicted molar refractivity (Wildman–Crippen MR) is 106 cm³/mol. The Kier molecular flexibility index (Phi) is 15.7. The molecule has 0 aromatic heterocycles. The molecule has 0 aliphatic carbocycles. The highest BCUT2D eigenvalue weighted by molar-refractivity contribution is 6.27. The van der Waals surface area contributed by atoms with Crippen LogP contribution in [0.25, 0.3) is 0 Å². The van der Waals surface area contributed by atoms with Crippen LogP contribution in [0.3, 0.4) is 0 Å². The molecular formula is C20H33NO7. The Balaban J connectivity index is 0.00000105. The molecule has 1 unspecified atom stereocenters. The topological polar surface area (TPSA) is 114 Å². The smallest absolute Gasteiger partial charge is 0.414 e. The molecule has 0 aliphatic rings. The van der Waals surface area contributed by atoms with Gasteiger partial charge in [0.05, 0.1) is 13.2 Å². The summed E-state index contributed by atoms with van der Waals surface area (Å²) in [7, 11) is 1.72. The Bertz CT molecular complexity index is 539. The zero-order valence-corrected chi connectivity index (χ0v) is 17.0. The van der Waals surface area contributed by atoms with E-state index in [1.54, 1.807) is 7.11 Å². The molecular weight excluding hydrogens is 366 g/mol. The molecule has 0 saturated heterocycles. The maximum atomic E-state index is 9.10. The van der Waals surface area contributed by atoms with E-state index in [4.69, 9.17) is 34.0 Å². The maximum absolute atomic E-state index is 9.10. The van der Waals surface area contributed by atoms with Crippen molar-refractivity contribution in [1.29, 1.82) is 0 Å². The third kappa shape index (κ3) is 13.1. The number of carbonyl (C=O) groups is 2. The first-order chi connectivity index (χ1) is 13.4. The Morgan fingerprint density at radius 2 is 1.71 bits per heavy atom. The quantitative estimate of drug-likeness (QED) is 0.342. The van der Waals surface area contributed by atoms with Crippen LogP contribution in [-0.2, 0) is 19.1 Å². The van der Waals surface area contributed by atoms with Crippen LogP contribution in [0.4, 0.5) is 0 Å². The standard InChI is InChI=1S/C18H31NO3.C2H2O4/c1-4-16(2)17-8-5-6-9-18(17)22-15-14-21-13-11-19-10-7-12-20-3;3-1(4)2(5)6/h5-6,8-9,16,19H,4,7,10-15H2,1-3H3;(H,3,4)(H,5,6). The van der Waals surface area contributed by atoms with Crippen molar-refractivity contribution in [2.24, 2.45) is 0 Å². The molecule has 8 heteroatoms. The highest BCUT2D eigenvalue weighted by Gasteiger charge is 2.09. The van der Waals surface area contributed by atoms with Crippen LogP contribution in [0.1, 0.15) is 38.2 Å². The number of benzene rings is 1. The third-order valence-electron chi connectivity index (χ3n) is 3.86. The number of carboxylic acids is 2. The fourth-order valence-electron chi connectivity index (χ4n) is 2.16. The van der Waals surface area contributed by atoms with Crippen LogP contribution in [-0.4, -0.2) is 68.8 Å². The maximum Gasteiger partial charge on any atom is 0.414 e. The zero-order valence-electron chi connectivity index (χ0n) is 17.0. The second-order valence-corrected chi connectivity index (χ2v) is 6.01. The van der Waals surface area contributed by atoms with Gasteiger partial charge in [0, 0.05) is 20.3 Å². The normalized spacial score (nSPS) is 11.2. The molecule has 0 spiro atoms. The van der Waals surface area contributed by atoms with Gasteiger partial charge in [-0.3, -0.25) is 0 Å². The summed E-state index contributed by atoms with van der Waals surface area (Å²) in [4.78, 5) is 18.2. The third-order valence-corrected chi connectivity index (χ3v) is 3.86. The second kappa shape index (κ2) is 17.0. The predicted octanol–water partition coefficient (Wildman–Crippen LogP) is 2.38. The number of aliphatic carboxylic acids is 2. The van der Waals surface area contributed by atoms with Crippen LogP contribution < -0.4 is 10.1 Å². The van der Waals surface area contributed by atoms with Gasteiger partial charge in [0.15, 0.2) is 0 Å². The minimum Gasteiger partial charge on any atom is -0.491 e. The Morgan fingerprint density at radius 3 is 2.32 bits per heavy atom. The van der Waals surface area contributed by atoms with Crippen molar-refractivity contribution in [3.05, 3.63) is 29.8 Å². The summed E-state index contributed by atoms with van der Waals surface area (Å²) < 4.78 is 16.4. The molecule has 0 aliphatic heterocycles. The van der Waals surface area contributed by atoms with E-state index in [0.717, 1.165) is 38.3 Å². The van der Waals surface area contributed by atoms with E-state index in [0.29, 0.717) is 25.7 Å². The van der Waals surface area contributed by atoms with Crippen LogP contribution >= 0.6 is 0 Å². The summed E-state index contributed by atoms with van der Waals surface area (Å²) in [5.74, 6) is -2.14. The average Bonchev–Trinajstić information content (AvgIpc) is 2.69. The molecule has 1 rings (SSSR count). The summed E-state index contributed by atoms with van der Waals surface area (Å²) in [6, 6.07) is 8.28. The average molecular weight is 399 g/mol. The largest absolute Gasteiger partial charge is 0.491 e. The number of nitrogens with one attached hydrogen (secondary N) is 1. The Morgan fingerprint density at radius 1 is 1.04 bits per heavy atom. The molecule has 0 bridgehead atoms. The summed E-state index contributed by atoms with van der Waals surface area (Å²) in [6.07, 6.45) is 2.15. The molecule has 1 aromatic rings. The summed E-state index contributed by atoms with van der Waals surface area (Å²) >= 11 is 0. The number of rotatable bonds is 13. The molecule has 0 heterocycles. The van der Waals surface area contributed by atoms with Crippen LogP contribution in [0, 0.1) is 0 Å². The van der Waals surface area contributed by atoms with Crippen LogP contribution in [0.5, 0.6) is 5.75 Å². The first-order valence-electron chi connectivity index (χ1n) is 9.39. The Hall–Kier alpha value is -2.16. The van der Waals surface area contributed by atoms with E-state index >= 15 is 0 Å². The molecule has 1 aromatic carbocycles. The lowest BCUT2D eigenvalue weighted by Crippen LogP contribution is -2.22. The Labute approximate surface area is 166 Å². The lowest BCUT2D eigenvalue weighted by atomic mass is 9.98. The molecule has 0 fully saturated rings. The number of carboxylic acid groups (broad SMARTS) is 2. The number of hydrogen-bond acceptors (Lipinski definition) is 6. The molecule has 0 radical (unpaired) electrons. The molecule has 0 amide bonds. The number of para-hydroxylation sites is 1. The van der Waals surface area contributed by atoms with Crippen molar-refractivity contribution >= 4 is 11.9 Å². The van der Waals surface area contributed by atoms with E-state index in [9.17, 15) is 0 Å². The fourth-order valence-corrected chi connectivity index (χ4v) is 2.16. The lowest BCUT2D eigenvalue weighted by molar-refractivity contribution is -0.159. The van der Waals surface area contributed by atoms with Gasteiger partial charge in [0.2, 0.25) is 0 Å². The summed E-state index contributed by atoms with van der Waals surface area (Å²) in [5.41, 5.74) is 1.28. The van der Waals surface area contributed by atoms with Crippen molar-refractivity contribution in [2.45, 2.75) is 32.6 Å². The number of hydrogen-bond donors (Lipinski definition) is 3. The fraction of sp³-hybridized carbons (Fsp3) is 0.600. The number of methoxy groups -OCH3 is 1. The molecule has 3 N–H and O–H groups in total. The molecule has 28 heavy (non-hydrogen) atoms. The van der Waals surface area contributed by atoms with Gasteiger partial charge in [-0.15, -0.1) is 0 Å². The van der Waals surface area contributed by atoms with Gasteiger partial charge < -0.3 is 29.7 Å². The van der Waals surface area contributed by atoms with Gasteiger partial charge in [0.25, 0.3) is 0 Å². The van der Waals surface area contributed by atoms with E-state index in [2.05, 4.69) is 31.3 Å². The monoisotopic (exact) mass is 399 g/mol. The van der Waals surface area contributed by atoms with Gasteiger partial charge in [-0.05, 0) is 36.9 Å². The van der Waals surface area contributed by atoms with Crippen molar-refractivity contribution < 1.29 is 34.0 Å². The molecule has 0 saturated carbocycles. The minimum absolute atomic E-state index is 0.522. The summed E-state index contributed by atoms with van der Waals surface area (Å²) in [5, 5.41) is 18.1. The van der Waals surface area contributed by atoms with Gasteiger partial charge >= 0.3 is 11.9 Å². The highest BCUT2D eigenvalue weighted by Crippen LogP contribution is 2.28. The van der Waals surface area contributed by atoms with Crippen molar-refractivity contribution in [3.63, 3.8) is 0 Å². The van der Waals surface area contributed by atoms with Crippen molar-refractivity contribution in [2.75, 3.05) is 46.6 Å². The highest BCUT2D eigenvalue weighted by atomic mass is 16.5. The summed E-state index contributed by atoms with van der Waals surface area (Å²) in [6.45, 7) is 8.99. The molecule has 160 valence electrons. The lowest BCUT2D eigenvalue weighted by Gasteiger charge is -2.15. The molecule has 1 atom stereocenters. The molecule has 8 nitrogen and oxygen atoms in total. The van der Waals surface area contributed by atoms with Crippen LogP contribution in [0.2, 0.25) is 0 Å². The minimum atomic E-state index is -1.82. The zero-order chi connectivity index (χ0) is 21.2. The van der Waals surface area contributed by atoms with Crippen molar-refractivity contribution in [1.82, 2.24) is 5.32 Å².